The molecule has 0 unspecified atom stereocenters. The molecule has 0 aromatic heterocycles. The molecule has 0 aromatic carbocycles. The Hall–Kier alpha value is 0. The van der Waals surface area contributed by atoms with Crippen molar-refractivity contribution < 1.29 is 0 Å². The van der Waals surface area contributed by atoms with Gasteiger partial charge in [0.1, 0.15) is 0 Å². The lowest BCUT2D eigenvalue weighted by Crippen LogP contribution is -2.45. The van der Waals surface area contributed by atoms with Gasteiger partial charge in [0.25, 0.3) is 0 Å². The fourth-order valence-electron chi connectivity index (χ4n) is 4.45. The van der Waals surface area contributed by atoms with Crippen molar-refractivity contribution in [2.45, 2.75) is 72.6 Å². The quantitative estimate of drug-likeness (QED) is 0.597. The van der Waals surface area contributed by atoms with Crippen LogP contribution in [0.5, 0.6) is 0 Å². The Morgan fingerprint density at radius 3 is 1.27 bits per heavy atom. The molecule has 0 atom stereocenters. The normalized spacial score (nSPS) is 41.2. The Bertz CT molecular complexity index is 192. The van der Waals surface area contributed by atoms with Gasteiger partial charge in [0.15, 0.2) is 0 Å². The first-order valence-electron chi connectivity index (χ1n) is 7.01. The number of hydrogen-bond donors (Lipinski definition) is 0. The Labute approximate surface area is 95.8 Å². The molecule has 2 saturated carbocycles. The van der Waals surface area contributed by atoms with E-state index in [0.29, 0.717) is 0 Å². The van der Waals surface area contributed by atoms with Gasteiger partial charge in [-0.3, -0.25) is 0 Å². The Morgan fingerprint density at radius 2 is 1.00 bits per heavy atom. The summed E-state index contributed by atoms with van der Waals surface area (Å²) < 4.78 is 0. The van der Waals surface area contributed by atoms with E-state index >= 15 is 0 Å². The Balaban J connectivity index is 2.24. The molecule has 15 heavy (non-hydrogen) atoms. The molecule has 0 spiro atoms. The molecule has 0 aromatic rings. The minimum atomic E-state index is 0.723. The lowest BCUT2D eigenvalue weighted by Gasteiger charge is -2.56. The van der Waals surface area contributed by atoms with Crippen molar-refractivity contribution in [3.05, 3.63) is 0 Å². The maximum absolute atomic E-state index is 2.46. The van der Waals surface area contributed by atoms with Crippen LogP contribution in [0.3, 0.4) is 0 Å². The molecule has 88 valence electrons. The van der Waals surface area contributed by atoms with Crippen molar-refractivity contribution >= 4 is 0 Å². The van der Waals surface area contributed by atoms with Crippen LogP contribution in [-0.2, 0) is 0 Å². The largest absolute Gasteiger partial charge is 0.0622 e. The van der Waals surface area contributed by atoms with Crippen molar-refractivity contribution in [1.29, 1.82) is 0 Å². The predicted molar refractivity (Wildman–Crippen MR) is 66.9 cm³/mol. The van der Waals surface area contributed by atoms with E-state index in [1.54, 1.807) is 0 Å². The molecule has 0 amide bonds. The van der Waals surface area contributed by atoms with Gasteiger partial charge in [-0.15, -0.1) is 0 Å². The molecule has 2 bridgehead atoms. The summed E-state index contributed by atoms with van der Waals surface area (Å²) >= 11 is 0. The van der Waals surface area contributed by atoms with Gasteiger partial charge in [-0.1, -0.05) is 40.5 Å². The van der Waals surface area contributed by atoms with Crippen molar-refractivity contribution in [3.63, 3.8) is 0 Å². The second-order valence-corrected chi connectivity index (χ2v) is 6.92. The zero-order valence-corrected chi connectivity index (χ0v) is 11.1. The third-order valence-corrected chi connectivity index (χ3v) is 5.85. The van der Waals surface area contributed by atoms with Gasteiger partial charge < -0.3 is 0 Å². The van der Waals surface area contributed by atoms with E-state index in [-0.39, 0.29) is 0 Å². The fraction of sp³-hybridized carbons (Fsp3) is 1.00. The molecular formula is C15H28. The second kappa shape index (κ2) is 3.79. The Morgan fingerprint density at radius 1 is 0.667 bits per heavy atom. The van der Waals surface area contributed by atoms with E-state index in [2.05, 4.69) is 27.7 Å². The van der Waals surface area contributed by atoms with Crippen LogP contribution in [0, 0.1) is 22.7 Å². The average molecular weight is 208 g/mol. The maximum Gasteiger partial charge on any atom is -0.0269 e. The van der Waals surface area contributed by atoms with E-state index in [0.717, 1.165) is 22.7 Å². The number of rotatable bonds is 2. The van der Waals surface area contributed by atoms with Gasteiger partial charge in [0, 0.05) is 0 Å². The molecule has 0 heteroatoms. The smallest absolute Gasteiger partial charge is 0.0269 e. The standard InChI is InChI=1S/C15H28/c1-12(2)14-7-5-9-15(11-14,13(3)4)10-6-8-14/h12-13H,5-11H2,1-4H3. The predicted octanol–water partition coefficient (Wildman–Crippen LogP) is 5.03. The molecular weight excluding hydrogens is 180 g/mol. The summed E-state index contributed by atoms with van der Waals surface area (Å²) in [5, 5.41) is 0. The summed E-state index contributed by atoms with van der Waals surface area (Å²) in [5.74, 6) is 1.80. The average Bonchev–Trinajstić information content (AvgIpc) is 2.17. The van der Waals surface area contributed by atoms with Gasteiger partial charge >= 0.3 is 0 Å². The first-order chi connectivity index (χ1) is 7.01. The first-order valence-corrected chi connectivity index (χ1v) is 7.01. The van der Waals surface area contributed by atoms with Gasteiger partial charge in [-0.25, -0.2) is 0 Å². The van der Waals surface area contributed by atoms with Crippen molar-refractivity contribution in [2.24, 2.45) is 22.7 Å². The summed E-state index contributed by atoms with van der Waals surface area (Å²) in [6.45, 7) is 9.84. The Kier molecular flexibility index (Phi) is 2.90. The molecule has 0 aliphatic heterocycles. The van der Waals surface area contributed by atoms with Crippen LogP contribution in [0.4, 0.5) is 0 Å². The van der Waals surface area contributed by atoms with Gasteiger partial charge in [-0.05, 0) is 54.8 Å². The highest BCUT2D eigenvalue weighted by molar-refractivity contribution is 5.00. The van der Waals surface area contributed by atoms with Crippen molar-refractivity contribution in [3.8, 4) is 0 Å². The van der Waals surface area contributed by atoms with Crippen LogP contribution in [0.1, 0.15) is 72.6 Å². The molecule has 0 nitrogen and oxygen atoms in total. The third kappa shape index (κ3) is 1.74. The molecule has 2 aliphatic carbocycles. The van der Waals surface area contributed by atoms with E-state index in [4.69, 9.17) is 0 Å². The highest BCUT2D eigenvalue weighted by atomic mass is 14.5. The van der Waals surface area contributed by atoms with Gasteiger partial charge in [0.05, 0.1) is 0 Å². The highest BCUT2D eigenvalue weighted by Crippen LogP contribution is 2.61. The van der Waals surface area contributed by atoms with Crippen LogP contribution in [-0.4, -0.2) is 0 Å². The summed E-state index contributed by atoms with van der Waals surface area (Å²) in [6.07, 6.45) is 10.6. The molecule has 0 saturated heterocycles. The van der Waals surface area contributed by atoms with Crippen molar-refractivity contribution in [1.82, 2.24) is 0 Å². The lowest BCUT2D eigenvalue weighted by atomic mass is 9.49. The number of fused-ring (bicyclic) bond motifs is 2. The van der Waals surface area contributed by atoms with E-state index in [9.17, 15) is 0 Å². The van der Waals surface area contributed by atoms with E-state index < -0.39 is 0 Å². The minimum absolute atomic E-state index is 0.723. The third-order valence-electron chi connectivity index (χ3n) is 5.85. The zero-order valence-electron chi connectivity index (χ0n) is 11.1. The summed E-state index contributed by atoms with van der Waals surface area (Å²) in [4.78, 5) is 0. The van der Waals surface area contributed by atoms with Gasteiger partial charge in [0.2, 0.25) is 0 Å². The van der Waals surface area contributed by atoms with Crippen LogP contribution < -0.4 is 0 Å². The molecule has 0 radical (unpaired) electrons. The van der Waals surface area contributed by atoms with Crippen molar-refractivity contribution in [2.75, 3.05) is 0 Å². The molecule has 0 heterocycles. The molecule has 0 N–H and O–H groups in total. The van der Waals surface area contributed by atoms with E-state index in [1.165, 1.54) is 44.9 Å². The lowest BCUT2D eigenvalue weighted by molar-refractivity contribution is -0.0558. The molecule has 2 fully saturated rings. The van der Waals surface area contributed by atoms with E-state index in [1.807, 2.05) is 0 Å². The number of hydrogen-bond acceptors (Lipinski definition) is 0. The first kappa shape index (κ1) is 11.5. The SMILES string of the molecule is CC(C)C12CCCC(C(C)C)(CCC1)C2. The molecule has 2 aliphatic rings. The summed E-state index contributed by atoms with van der Waals surface area (Å²) in [5.41, 5.74) is 1.45. The van der Waals surface area contributed by atoms with Crippen LogP contribution >= 0.6 is 0 Å². The van der Waals surface area contributed by atoms with Crippen LogP contribution in [0.25, 0.3) is 0 Å². The summed E-state index contributed by atoms with van der Waals surface area (Å²) in [7, 11) is 0. The highest BCUT2D eigenvalue weighted by Gasteiger charge is 2.49. The minimum Gasteiger partial charge on any atom is -0.0622 e. The van der Waals surface area contributed by atoms with Crippen LogP contribution in [0.15, 0.2) is 0 Å². The summed E-state index contributed by atoms with van der Waals surface area (Å²) in [6, 6.07) is 0. The maximum atomic E-state index is 2.46. The van der Waals surface area contributed by atoms with Crippen LogP contribution in [0.2, 0.25) is 0 Å². The fourth-order valence-corrected chi connectivity index (χ4v) is 4.45. The zero-order chi connectivity index (χ0) is 11.1. The monoisotopic (exact) mass is 208 g/mol. The van der Waals surface area contributed by atoms with Gasteiger partial charge in [-0.2, -0.15) is 0 Å². The topological polar surface area (TPSA) is 0 Å². The second-order valence-electron chi connectivity index (χ2n) is 6.92. The molecule has 2 rings (SSSR count).